The molecule has 2 N–H and O–H groups in total. The number of amides is 1. The molecule has 0 aromatic carbocycles. The molecule has 2 aromatic heterocycles. The van der Waals surface area contributed by atoms with Gasteiger partial charge < -0.3 is 14.8 Å². The Balaban J connectivity index is 1.38. The van der Waals surface area contributed by atoms with Crippen LogP contribution in [0.4, 0.5) is 0 Å². The second-order valence-electron chi connectivity index (χ2n) is 7.11. The van der Waals surface area contributed by atoms with E-state index >= 15 is 0 Å². The number of aromatic nitrogens is 2. The van der Waals surface area contributed by atoms with E-state index in [9.17, 15) is 9.90 Å². The van der Waals surface area contributed by atoms with Gasteiger partial charge in [-0.25, -0.2) is 0 Å². The van der Waals surface area contributed by atoms with Crippen LogP contribution in [0.2, 0.25) is 0 Å². The van der Waals surface area contributed by atoms with E-state index in [4.69, 9.17) is 4.42 Å². The van der Waals surface area contributed by atoms with Crippen molar-refractivity contribution in [1.82, 2.24) is 15.5 Å². The smallest absolute Gasteiger partial charge is 0.248 e. The second-order valence-corrected chi connectivity index (χ2v) is 7.89. The van der Waals surface area contributed by atoms with Gasteiger partial charge in [0.25, 0.3) is 0 Å². The van der Waals surface area contributed by atoms with Gasteiger partial charge in [0.1, 0.15) is 0 Å². The molecule has 3 rings (SSSR count). The molecule has 1 aliphatic carbocycles. The number of aliphatic hydroxyl groups excluding tert-OH is 1. The van der Waals surface area contributed by atoms with Crippen LogP contribution in [0.1, 0.15) is 50.8 Å². The van der Waals surface area contributed by atoms with Crippen molar-refractivity contribution in [1.29, 1.82) is 0 Å². The highest BCUT2D eigenvalue weighted by Gasteiger charge is 2.19. The maximum Gasteiger partial charge on any atom is 0.248 e. The summed E-state index contributed by atoms with van der Waals surface area (Å²) in [4.78, 5) is 12.1. The highest BCUT2D eigenvalue weighted by molar-refractivity contribution is 7.08. The summed E-state index contributed by atoms with van der Waals surface area (Å²) in [6.45, 7) is 0.667. The molecule has 1 amide bonds. The summed E-state index contributed by atoms with van der Waals surface area (Å²) in [5.74, 6) is 1.78. The third-order valence-corrected chi connectivity index (χ3v) is 5.72. The van der Waals surface area contributed by atoms with Gasteiger partial charge in [0.15, 0.2) is 0 Å². The summed E-state index contributed by atoms with van der Waals surface area (Å²) in [5.41, 5.74) is 0.909. The van der Waals surface area contributed by atoms with Crippen LogP contribution in [0, 0.1) is 11.8 Å². The third kappa shape index (κ3) is 5.64. The molecule has 2 aromatic rings. The molecule has 2 heterocycles. The summed E-state index contributed by atoms with van der Waals surface area (Å²) in [7, 11) is 0. The minimum Gasteiger partial charge on any atom is -0.421 e. The fourth-order valence-corrected chi connectivity index (χ4v) is 4.17. The van der Waals surface area contributed by atoms with E-state index in [0.29, 0.717) is 37.1 Å². The van der Waals surface area contributed by atoms with E-state index in [1.807, 2.05) is 16.8 Å². The third-order valence-electron chi connectivity index (χ3n) is 5.04. The molecule has 26 heavy (non-hydrogen) atoms. The number of rotatable bonds is 9. The van der Waals surface area contributed by atoms with E-state index in [-0.39, 0.29) is 18.4 Å². The molecular weight excluding hydrogens is 350 g/mol. The van der Waals surface area contributed by atoms with Gasteiger partial charge in [-0.15, -0.1) is 10.2 Å². The Morgan fingerprint density at radius 3 is 2.92 bits per heavy atom. The highest BCUT2D eigenvalue weighted by atomic mass is 32.1. The Labute approximate surface area is 158 Å². The van der Waals surface area contributed by atoms with Crippen LogP contribution in [0.15, 0.2) is 21.2 Å². The molecule has 1 atom stereocenters. The SMILES string of the molecule is O=C(CCc1nnc(-c2ccsc2)o1)NCC(CO)CC1CCCCC1. The Morgan fingerprint density at radius 1 is 1.35 bits per heavy atom. The number of hydrogen-bond acceptors (Lipinski definition) is 6. The van der Waals surface area contributed by atoms with Gasteiger partial charge >= 0.3 is 0 Å². The number of thiophene rings is 1. The molecule has 0 radical (unpaired) electrons. The molecule has 1 unspecified atom stereocenters. The topological polar surface area (TPSA) is 88.2 Å². The maximum atomic E-state index is 12.1. The zero-order valence-electron chi connectivity index (χ0n) is 15.0. The van der Waals surface area contributed by atoms with Gasteiger partial charge in [-0.2, -0.15) is 11.3 Å². The lowest BCUT2D eigenvalue weighted by atomic mass is 9.83. The van der Waals surface area contributed by atoms with Crippen molar-refractivity contribution in [3.05, 3.63) is 22.7 Å². The van der Waals surface area contributed by atoms with Gasteiger partial charge in [0.2, 0.25) is 17.7 Å². The lowest BCUT2D eigenvalue weighted by Crippen LogP contribution is -2.32. The molecule has 0 saturated heterocycles. The first kappa shape index (κ1) is 19.0. The van der Waals surface area contributed by atoms with E-state index < -0.39 is 0 Å². The van der Waals surface area contributed by atoms with Crippen molar-refractivity contribution in [2.24, 2.45) is 11.8 Å². The average molecular weight is 378 g/mol. The first-order valence-electron chi connectivity index (χ1n) is 9.47. The predicted molar refractivity (Wildman–Crippen MR) is 101 cm³/mol. The summed E-state index contributed by atoms with van der Waals surface area (Å²) in [6, 6.07) is 1.93. The predicted octanol–water partition coefficient (Wildman–Crippen LogP) is 3.43. The van der Waals surface area contributed by atoms with Gasteiger partial charge in [-0.3, -0.25) is 4.79 Å². The minimum absolute atomic E-state index is 0.0395. The summed E-state index contributed by atoms with van der Waals surface area (Å²) in [5, 5.41) is 24.4. The number of nitrogens with zero attached hydrogens (tertiary/aromatic N) is 2. The molecule has 0 aliphatic heterocycles. The molecule has 0 bridgehead atoms. The Kier molecular flexibility index (Phi) is 7.20. The number of nitrogens with one attached hydrogen (secondary N) is 1. The monoisotopic (exact) mass is 377 g/mol. The Morgan fingerprint density at radius 2 is 2.19 bits per heavy atom. The second kappa shape index (κ2) is 9.83. The molecule has 142 valence electrons. The number of carbonyl (C=O) groups excluding carboxylic acids is 1. The van der Waals surface area contributed by atoms with Crippen LogP contribution in [-0.2, 0) is 11.2 Å². The van der Waals surface area contributed by atoms with E-state index in [2.05, 4.69) is 15.5 Å². The Bertz CT molecular complexity index is 665. The lowest BCUT2D eigenvalue weighted by molar-refractivity contribution is -0.121. The lowest BCUT2D eigenvalue weighted by Gasteiger charge is -2.25. The fourth-order valence-electron chi connectivity index (χ4n) is 3.54. The number of aliphatic hydroxyl groups is 1. The average Bonchev–Trinajstić information content (AvgIpc) is 3.35. The summed E-state index contributed by atoms with van der Waals surface area (Å²) < 4.78 is 5.59. The Hall–Kier alpha value is -1.73. The number of aryl methyl sites for hydroxylation is 1. The van der Waals surface area contributed by atoms with Crippen molar-refractivity contribution < 1.29 is 14.3 Å². The van der Waals surface area contributed by atoms with Crippen LogP contribution in [-0.4, -0.2) is 34.4 Å². The first-order valence-corrected chi connectivity index (χ1v) is 10.4. The van der Waals surface area contributed by atoms with Gasteiger partial charge in [0.05, 0.1) is 0 Å². The highest BCUT2D eigenvalue weighted by Crippen LogP contribution is 2.28. The molecule has 0 spiro atoms. The van der Waals surface area contributed by atoms with Crippen LogP contribution >= 0.6 is 11.3 Å². The summed E-state index contributed by atoms with van der Waals surface area (Å²) >= 11 is 1.57. The molecule has 7 heteroatoms. The van der Waals surface area contributed by atoms with Crippen molar-refractivity contribution in [2.45, 2.75) is 51.4 Å². The van der Waals surface area contributed by atoms with Crippen LogP contribution in [0.3, 0.4) is 0 Å². The van der Waals surface area contributed by atoms with Crippen LogP contribution in [0.5, 0.6) is 0 Å². The normalized spacial score (nSPS) is 16.5. The molecule has 1 aliphatic rings. The van der Waals surface area contributed by atoms with Gasteiger partial charge in [-0.05, 0) is 29.7 Å². The zero-order chi connectivity index (χ0) is 18.2. The summed E-state index contributed by atoms with van der Waals surface area (Å²) in [6.07, 6.45) is 8.19. The molecular formula is C19H27N3O3S. The molecule has 6 nitrogen and oxygen atoms in total. The van der Waals surface area contributed by atoms with Crippen molar-refractivity contribution in [3.63, 3.8) is 0 Å². The van der Waals surface area contributed by atoms with E-state index in [0.717, 1.165) is 12.0 Å². The van der Waals surface area contributed by atoms with Crippen LogP contribution in [0.25, 0.3) is 11.5 Å². The molecule has 1 saturated carbocycles. The van der Waals surface area contributed by atoms with Gasteiger partial charge in [-0.1, -0.05) is 32.1 Å². The van der Waals surface area contributed by atoms with Crippen molar-refractivity contribution in [3.8, 4) is 11.5 Å². The number of hydrogen-bond donors (Lipinski definition) is 2. The maximum absolute atomic E-state index is 12.1. The number of carbonyl (C=O) groups is 1. The van der Waals surface area contributed by atoms with E-state index in [1.165, 1.54) is 32.1 Å². The van der Waals surface area contributed by atoms with Crippen molar-refractivity contribution >= 4 is 17.2 Å². The van der Waals surface area contributed by atoms with Crippen LogP contribution < -0.4 is 5.32 Å². The quantitative estimate of drug-likeness (QED) is 0.699. The zero-order valence-corrected chi connectivity index (χ0v) is 15.8. The first-order chi connectivity index (χ1) is 12.7. The molecule has 1 fully saturated rings. The standard InChI is InChI=1S/C19H27N3O3S/c23-12-15(10-14-4-2-1-3-5-14)11-20-17(24)6-7-18-21-22-19(25-18)16-8-9-26-13-16/h8-9,13-15,23H,1-7,10-12H2,(H,20,24). The van der Waals surface area contributed by atoms with E-state index in [1.54, 1.807) is 11.3 Å². The largest absolute Gasteiger partial charge is 0.421 e. The minimum atomic E-state index is -0.0395. The fraction of sp³-hybridized carbons (Fsp3) is 0.632. The van der Waals surface area contributed by atoms with Gasteiger partial charge in [0, 0.05) is 36.9 Å². The van der Waals surface area contributed by atoms with Crippen molar-refractivity contribution in [2.75, 3.05) is 13.2 Å².